The summed E-state index contributed by atoms with van der Waals surface area (Å²) in [5.74, 6) is 0.725. The normalized spacial score (nSPS) is 12.3. The van der Waals surface area contributed by atoms with Gasteiger partial charge in [-0.05, 0) is 19.1 Å². The number of anilines is 1. The summed E-state index contributed by atoms with van der Waals surface area (Å²) in [6, 6.07) is 3.97. The third-order valence-electron chi connectivity index (χ3n) is 2.62. The molecule has 96 valence electrons. The van der Waals surface area contributed by atoms with E-state index in [0.29, 0.717) is 0 Å². The number of pyridine rings is 1. The van der Waals surface area contributed by atoms with Crippen molar-refractivity contribution in [2.45, 2.75) is 13.0 Å². The lowest BCUT2D eigenvalue weighted by Gasteiger charge is -2.15. The van der Waals surface area contributed by atoms with E-state index in [1.807, 2.05) is 17.5 Å². The quantitative estimate of drug-likeness (QED) is 0.789. The van der Waals surface area contributed by atoms with Crippen molar-refractivity contribution in [1.82, 2.24) is 24.7 Å². The zero-order chi connectivity index (χ0) is 13.1. The minimum absolute atomic E-state index is 0.117. The third-order valence-corrected chi connectivity index (χ3v) is 3.57. The van der Waals surface area contributed by atoms with Crippen LogP contribution < -0.4 is 5.32 Å². The predicted octanol–water partition coefficient (Wildman–Crippen LogP) is 2.29. The molecule has 0 radical (unpaired) electrons. The minimum atomic E-state index is 0.117. The fourth-order valence-electron chi connectivity index (χ4n) is 1.75. The molecule has 19 heavy (non-hydrogen) atoms. The lowest BCUT2D eigenvalue weighted by molar-refractivity contribution is 0.824. The maximum Gasteiger partial charge on any atom is 0.178 e. The Morgan fingerprint density at radius 2 is 2.26 bits per heavy atom. The molecule has 7 heteroatoms. The lowest BCUT2D eigenvalue weighted by Crippen LogP contribution is -2.10. The van der Waals surface area contributed by atoms with Crippen molar-refractivity contribution in [2.75, 3.05) is 5.32 Å². The van der Waals surface area contributed by atoms with Crippen molar-refractivity contribution in [2.24, 2.45) is 0 Å². The molecule has 0 spiro atoms. The van der Waals surface area contributed by atoms with E-state index in [9.17, 15) is 0 Å². The summed E-state index contributed by atoms with van der Waals surface area (Å²) in [6.07, 6.45) is 6.65. The third kappa shape index (κ3) is 2.45. The zero-order valence-corrected chi connectivity index (χ0v) is 11.1. The van der Waals surface area contributed by atoms with Gasteiger partial charge in [-0.2, -0.15) is 5.10 Å². The van der Waals surface area contributed by atoms with E-state index in [4.69, 9.17) is 0 Å². The molecule has 0 aromatic carbocycles. The summed E-state index contributed by atoms with van der Waals surface area (Å²) in [6.45, 7) is 2.07. The molecule has 3 aromatic heterocycles. The lowest BCUT2D eigenvalue weighted by atomic mass is 10.3. The van der Waals surface area contributed by atoms with Crippen LogP contribution in [0.15, 0.2) is 42.6 Å². The Hall–Kier alpha value is -2.28. The molecule has 0 aliphatic rings. The molecule has 1 atom stereocenters. The maximum atomic E-state index is 4.34. The molecule has 0 aliphatic heterocycles. The Labute approximate surface area is 114 Å². The van der Waals surface area contributed by atoms with Gasteiger partial charge in [0.25, 0.3) is 0 Å². The number of hydrogen-bond donors (Lipinski definition) is 1. The van der Waals surface area contributed by atoms with Crippen molar-refractivity contribution in [3.05, 3.63) is 47.6 Å². The number of hydrogen-bond acceptors (Lipinski definition) is 6. The molecule has 0 saturated carbocycles. The van der Waals surface area contributed by atoms with E-state index >= 15 is 0 Å². The van der Waals surface area contributed by atoms with E-state index in [2.05, 4.69) is 32.3 Å². The molecule has 0 aliphatic carbocycles. The van der Waals surface area contributed by atoms with Gasteiger partial charge in [0.1, 0.15) is 17.7 Å². The first-order valence-corrected chi connectivity index (χ1v) is 6.68. The number of nitrogens with zero attached hydrogens (tertiary/aromatic N) is 5. The highest BCUT2D eigenvalue weighted by Crippen LogP contribution is 2.23. The van der Waals surface area contributed by atoms with Crippen LogP contribution in [-0.2, 0) is 0 Å². The summed E-state index contributed by atoms with van der Waals surface area (Å²) >= 11 is 1.62. The Kier molecular flexibility index (Phi) is 3.20. The summed E-state index contributed by atoms with van der Waals surface area (Å²) in [5.41, 5.74) is 0.899. The first-order valence-electron chi connectivity index (χ1n) is 5.80. The predicted molar refractivity (Wildman–Crippen MR) is 73.3 cm³/mol. The van der Waals surface area contributed by atoms with Gasteiger partial charge in [0.2, 0.25) is 0 Å². The van der Waals surface area contributed by atoms with E-state index in [1.54, 1.807) is 34.7 Å². The van der Waals surface area contributed by atoms with Crippen LogP contribution in [0.3, 0.4) is 0 Å². The highest BCUT2D eigenvalue weighted by atomic mass is 32.1. The fourth-order valence-corrected chi connectivity index (χ4v) is 2.40. The highest BCUT2D eigenvalue weighted by molar-refractivity contribution is 7.09. The monoisotopic (exact) mass is 272 g/mol. The molecule has 1 unspecified atom stereocenters. The van der Waals surface area contributed by atoms with Crippen molar-refractivity contribution in [1.29, 1.82) is 0 Å². The van der Waals surface area contributed by atoms with Gasteiger partial charge in [-0.25, -0.2) is 19.6 Å². The molecule has 1 N–H and O–H groups in total. The average Bonchev–Trinajstić information content (AvgIpc) is 3.13. The van der Waals surface area contributed by atoms with Gasteiger partial charge < -0.3 is 5.32 Å². The molecule has 0 fully saturated rings. The van der Waals surface area contributed by atoms with Crippen LogP contribution in [0.25, 0.3) is 5.82 Å². The first-order chi connectivity index (χ1) is 9.34. The van der Waals surface area contributed by atoms with Gasteiger partial charge in [0.05, 0.1) is 11.7 Å². The first kappa shape index (κ1) is 11.8. The van der Waals surface area contributed by atoms with Gasteiger partial charge in [-0.15, -0.1) is 11.3 Å². The molecule has 6 nitrogen and oxygen atoms in total. The van der Waals surface area contributed by atoms with Crippen LogP contribution in [0.4, 0.5) is 5.69 Å². The molecular weight excluding hydrogens is 260 g/mol. The largest absolute Gasteiger partial charge is 0.373 e. The Balaban J connectivity index is 1.89. The second-order valence-electron chi connectivity index (χ2n) is 3.95. The number of nitrogens with one attached hydrogen (secondary N) is 1. The van der Waals surface area contributed by atoms with Crippen molar-refractivity contribution in [3.63, 3.8) is 0 Å². The number of aromatic nitrogens is 5. The topological polar surface area (TPSA) is 68.5 Å². The summed E-state index contributed by atoms with van der Waals surface area (Å²) in [4.78, 5) is 12.6. The molecule has 3 rings (SSSR count). The Morgan fingerprint density at radius 3 is 3.00 bits per heavy atom. The van der Waals surface area contributed by atoms with E-state index in [1.165, 1.54) is 6.33 Å². The van der Waals surface area contributed by atoms with E-state index in [-0.39, 0.29) is 6.04 Å². The van der Waals surface area contributed by atoms with Crippen molar-refractivity contribution in [3.8, 4) is 5.82 Å². The molecular formula is C12H12N6S. The number of rotatable bonds is 4. The van der Waals surface area contributed by atoms with Crippen LogP contribution in [0.2, 0.25) is 0 Å². The zero-order valence-electron chi connectivity index (χ0n) is 10.3. The molecule has 3 aromatic rings. The second-order valence-corrected chi connectivity index (χ2v) is 4.88. The molecule has 0 saturated heterocycles. The summed E-state index contributed by atoms with van der Waals surface area (Å²) in [5, 5.41) is 10.5. The van der Waals surface area contributed by atoms with Crippen molar-refractivity contribution < 1.29 is 0 Å². The Morgan fingerprint density at radius 1 is 1.32 bits per heavy atom. The van der Waals surface area contributed by atoms with Crippen LogP contribution in [0.1, 0.15) is 18.0 Å². The van der Waals surface area contributed by atoms with E-state index in [0.717, 1.165) is 16.5 Å². The SMILES string of the molecule is CC(Nc1cccnc1-n1cncn1)c1nccs1. The van der Waals surface area contributed by atoms with Gasteiger partial charge in [0, 0.05) is 17.8 Å². The van der Waals surface area contributed by atoms with Gasteiger partial charge in [0.15, 0.2) is 5.82 Å². The van der Waals surface area contributed by atoms with Gasteiger partial charge >= 0.3 is 0 Å². The fraction of sp³-hybridized carbons (Fsp3) is 0.167. The second kappa shape index (κ2) is 5.15. The average molecular weight is 272 g/mol. The molecule has 0 bridgehead atoms. The van der Waals surface area contributed by atoms with Crippen LogP contribution in [0, 0.1) is 0 Å². The van der Waals surface area contributed by atoms with Gasteiger partial charge in [-0.1, -0.05) is 0 Å². The van der Waals surface area contributed by atoms with Crippen LogP contribution >= 0.6 is 11.3 Å². The minimum Gasteiger partial charge on any atom is -0.373 e. The smallest absolute Gasteiger partial charge is 0.178 e. The van der Waals surface area contributed by atoms with Crippen molar-refractivity contribution >= 4 is 17.0 Å². The number of thiazole rings is 1. The standard InChI is InChI=1S/C12H12N6S/c1-9(12-15-5-6-19-12)17-10-3-2-4-14-11(10)18-8-13-7-16-18/h2-9,17H,1H3. The van der Waals surface area contributed by atoms with E-state index < -0.39 is 0 Å². The Bertz CT molecular complexity index is 634. The maximum absolute atomic E-state index is 4.34. The van der Waals surface area contributed by atoms with Gasteiger partial charge in [-0.3, -0.25) is 0 Å². The summed E-state index contributed by atoms with van der Waals surface area (Å²) < 4.78 is 1.64. The summed E-state index contributed by atoms with van der Waals surface area (Å²) in [7, 11) is 0. The van der Waals surface area contributed by atoms with Crippen LogP contribution in [-0.4, -0.2) is 24.7 Å². The molecule has 0 amide bonds. The van der Waals surface area contributed by atoms with Crippen LogP contribution in [0.5, 0.6) is 0 Å². The molecule has 3 heterocycles. The highest BCUT2D eigenvalue weighted by Gasteiger charge is 2.12.